The van der Waals surface area contributed by atoms with Crippen molar-refractivity contribution in [1.29, 1.82) is 0 Å². The first-order valence-electron chi connectivity index (χ1n) is 8.43. The van der Waals surface area contributed by atoms with E-state index in [2.05, 4.69) is 5.32 Å². The number of benzene rings is 1. The summed E-state index contributed by atoms with van der Waals surface area (Å²) in [6.45, 7) is 5.35. The van der Waals surface area contributed by atoms with Crippen LogP contribution in [0.25, 0.3) is 0 Å². The lowest BCUT2D eigenvalue weighted by Gasteiger charge is -2.28. The Hall–Kier alpha value is -2.04. The minimum Gasteiger partial charge on any atom is -0.481 e. The van der Waals surface area contributed by atoms with Crippen LogP contribution >= 0.6 is 0 Å². The first-order chi connectivity index (χ1) is 11.0. The molecule has 23 heavy (non-hydrogen) atoms. The van der Waals surface area contributed by atoms with Gasteiger partial charge in [0.2, 0.25) is 0 Å². The van der Waals surface area contributed by atoms with Crippen molar-refractivity contribution in [2.45, 2.75) is 45.6 Å². The number of carbonyl (C=O) groups is 2. The third kappa shape index (κ3) is 4.47. The van der Waals surface area contributed by atoms with Gasteiger partial charge in [-0.05, 0) is 57.7 Å². The minimum absolute atomic E-state index is 0.0493. The fraction of sp³-hybridized carbons (Fsp3) is 0.556. The average molecular weight is 318 g/mol. The predicted octanol–water partition coefficient (Wildman–Crippen LogP) is 3.22. The molecule has 0 aliphatic heterocycles. The van der Waals surface area contributed by atoms with Crippen LogP contribution in [0.15, 0.2) is 24.3 Å². The Labute approximate surface area is 137 Å². The van der Waals surface area contributed by atoms with E-state index in [-0.39, 0.29) is 17.9 Å². The van der Waals surface area contributed by atoms with Crippen molar-refractivity contribution in [3.05, 3.63) is 29.8 Å². The molecule has 5 heteroatoms. The molecule has 1 aromatic carbocycles. The maximum Gasteiger partial charge on any atom is 0.306 e. The summed E-state index contributed by atoms with van der Waals surface area (Å²) < 4.78 is 0. The number of nitrogens with zero attached hydrogens (tertiary/aromatic N) is 1. The number of carbonyl (C=O) groups excluding carboxylic acids is 1. The molecule has 1 fully saturated rings. The van der Waals surface area contributed by atoms with Gasteiger partial charge >= 0.3 is 5.97 Å². The molecule has 1 aromatic rings. The molecule has 0 radical (unpaired) electrons. The van der Waals surface area contributed by atoms with Crippen molar-refractivity contribution in [2.75, 3.05) is 18.4 Å². The quantitative estimate of drug-likeness (QED) is 0.845. The van der Waals surface area contributed by atoms with Crippen molar-refractivity contribution in [3.8, 4) is 0 Å². The van der Waals surface area contributed by atoms with E-state index in [0.29, 0.717) is 31.5 Å². The van der Waals surface area contributed by atoms with Crippen LogP contribution in [0.2, 0.25) is 0 Å². The smallest absolute Gasteiger partial charge is 0.306 e. The number of carboxylic acid groups (broad SMARTS) is 1. The number of anilines is 1. The van der Waals surface area contributed by atoms with E-state index in [1.807, 2.05) is 38.1 Å². The summed E-state index contributed by atoms with van der Waals surface area (Å²) in [6.07, 6.45) is 3.13. The van der Waals surface area contributed by atoms with Crippen molar-refractivity contribution < 1.29 is 14.7 Å². The Morgan fingerprint density at radius 1 is 1.17 bits per heavy atom. The van der Waals surface area contributed by atoms with Crippen LogP contribution in [-0.2, 0) is 4.79 Å². The number of rotatable bonds is 6. The number of carboxylic acids is 1. The van der Waals surface area contributed by atoms with E-state index in [1.54, 1.807) is 4.90 Å². The molecular formula is C18H26N2O3. The molecule has 1 aliphatic rings. The van der Waals surface area contributed by atoms with Crippen LogP contribution in [0, 0.1) is 5.92 Å². The Balaban J connectivity index is 1.98. The van der Waals surface area contributed by atoms with Crippen LogP contribution < -0.4 is 5.32 Å². The summed E-state index contributed by atoms with van der Waals surface area (Å²) >= 11 is 0. The first-order valence-corrected chi connectivity index (χ1v) is 8.43. The van der Waals surface area contributed by atoms with Crippen LogP contribution in [0.1, 0.15) is 49.9 Å². The first kappa shape index (κ1) is 17.3. The Bertz CT molecular complexity index is 547. The highest BCUT2D eigenvalue weighted by atomic mass is 16.4. The highest BCUT2D eigenvalue weighted by Crippen LogP contribution is 2.27. The molecule has 0 bridgehead atoms. The summed E-state index contributed by atoms with van der Waals surface area (Å²) in [5.41, 5.74) is 1.62. The maximum absolute atomic E-state index is 12.4. The molecule has 2 rings (SSSR count). The third-order valence-corrected chi connectivity index (χ3v) is 4.61. The van der Waals surface area contributed by atoms with Gasteiger partial charge in [0, 0.05) is 30.4 Å². The largest absolute Gasteiger partial charge is 0.481 e. The number of hydrogen-bond acceptors (Lipinski definition) is 3. The number of nitrogens with one attached hydrogen (secondary N) is 1. The summed E-state index contributed by atoms with van der Waals surface area (Å²) in [6, 6.07) is 7.87. The monoisotopic (exact) mass is 318 g/mol. The second-order valence-electron chi connectivity index (χ2n) is 6.09. The highest BCUT2D eigenvalue weighted by Gasteiger charge is 2.25. The molecule has 1 aliphatic carbocycles. The predicted molar refractivity (Wildman–Crippen MR) is 90.7 cm³/mol. The van der Waals surface area contributed by atoms with E-state index in [9.17, 15) is 9.59 Å². The topological polar surface area (TPSA) is 69.6 Å². The summed E-state index contributed by atoms with van der Waals surface area (Å²) in [5, 5.41) is 12.5. The van der Waals surface area contributed by atoms with E-state index in [1.165, 1.54) is 0 Å². The van der Waals surface area contributed by atoms with Crippen molar-refractivity contribution >= 4 is 17.6 Å². The van der Waals surface area contributed by atoms with Crippen LogP contribution in [0.3, 0.4) is 0 Å². The Kier molecular flexibility index (Phi) is 6.02. The molecule has 0 aromatic heterocycles. The van der Waals surface area contributed by atoms with Gasteiger partial charge in [-0.25, -0.2) is 0 Å². The highest BCUT2D eigenvalue weighted by molar-refractivity contribution is 5.95. The zero-order valence-corrected chi connectivity index (χ0v) is 13.9. The normalized spacial score (nSPS) is 20.8. The lowest BCUT2D eigenvalue weighted by Crippen LogP contribution is -2.31. The van der Waals surface area contributed by atoms with Gasteiger partial charge in [0.25, 0.3) is 5.91 Å². The Morgan fingerprint density at radius 2 is 1.83 bits per heavy atom. The fourth-order valence-corrected chi connectivity index (χ4v) is 3.16. The van der Waals surface area contributed by atoms with Gasteiger partial charge in [-0.15, -0.1) is 0 Å². The third-order valence-electron chi connectivity index (χ3n) is 4.61. The van der Waals surface area contributed by atoms with Crippen LogP contribution in [-0.4, -0.2) is 41.0 Å². The minimum atomic E-state index is -0.685. The fourth-order valence-electron chi connectivity index (χ4n) is 3.16. The van der Waals surface area contributed by atoms with E-state index in [0.717, 1.165) is 18.5 Å². The molecule has 5 nitrogen and oxygen atoms in total. The summed E-state index contributed by atoms with van der Waals surface area (Å²) in [7, 11) is 0. The van der Waals surface area contributed by atoms with Gasteiger partial charge in [-0.3, -0.25) is 9.59 Å². The zero-order valence-electron chi connectivity index (χ0n) is 13.9. The second kappa shape index (κ2) is 7.99. The number of amides is 1. The van der Waals surface area contributed by atoms with Crippen LogP contribution in [0.5, 0.6) is 0 Å². The lowest BCUT2D eigenvalue weighted by molar-refractivity contribution is -0.142. The van der Waals surface area contributed by atoms with Crippen LogP contribution in [0.4, 0.5) is 5.69 Å². The summed E-state index contributed by atoms with van der Waals surface area (Å²) in [4.78, 5) is 25.2. The molecule has 1 amide bonds. The van der Waals surface area contributed by atoms with Gasteiger partial charge in [0.1, 0.15) is 0 Å². The van der Waals surface area contributed by atoms with Crippen molar-refractivity contribution in [2.24, 2.45) is 5.92 Å². The van der Waals surface area contributed by atoms with Gasteiger partial charge in [0.15, 0.2) is 0 Å². The molecule has 0 saturated heterocycles. The molecule has 0 unspecified atom stereocenters. The van der Waals surface area contributed by atoms with Crippen molar-refractivity contribution in [1.82, 2.24) is 4.90 Å². The lowest BCUT2D eigenvalue weighted by atomic mass is 9.86. The van der Waals surface area contributed by atoms with E-state index < -0.39 is 5.97 Å². The molecular weight excluding hydrogens is 292 g/mol. The van der Waals surface area contributed by atoms with E-state index >= 15 is 0 Å². The molecule has 126 valence electrons. The molecule has 1 saturated carbocycles. The SMILES string of the molecule is CCN(CC)C(=O)c1cccc(NC2CCC(C(=O)O)CC2)c1. The summed E-state index contributed by atoms with van der Waals surface area (Å²) in [5.74, 6) is -0.841. The number of hydrogen-bond donors (Lipinski definition) is 2. The van der Waals surface area contributed by atoms with Gasteiger partial charge < -0.3 is 15.3 Å². The molecule has 0 atom stereocenters. The van der Waals surface area contributed by atoms with Gasteiger partial charge in [0.05, 0.1) is 5.92 Å². The standard InChI is InChI=1S/C18H26N2O3/c1-3-20(4-2)17(21)14-6-5-7-16(12-14)19-15-10-8-13(9-11-15)18(22)23/h5-7,12-13,15,19H,3-4,8-11H2,1-2H3,(H,22,23). The maximum atomic E-state index is 12.4. The van der Waals surface area contributed by atoms with Gasteiger partial charge in [-0.2, -0.15) is 0 Å². The van der Waals surface area contributed by atoms with Gasteiger partial charge in [-0.1, -0.05) is 6.07 Å². The number of aliphatic carboxylic acids is 1. The second-order valence-corrected chi connectivity index (χ2v) is 6.09. The van der Waals surface area contributed by atoms with E-state index in [4.69, 9.17) is 5.11 Å². The molecule has 0 spiro atoms. The molecule has 2 N–H and O–H groups in total. The molecule has 0 heterocycles. The Morgan fingerprint density at radius 3 is 2.39 bits per heavy atom. The zero-order chi connectivity index (χ0) is 16.8. The van der Waals surface area contributed by atoms with Crippen molar-refractivity contribution in [3.63, 3.8) is 0 Å². The average Bonchev–Trinajstić information content (AvgIpc) is 2.56.